The highest BCUT2D eigenvalue weighted by molar-refractivity contribution is 5.81. The number of nitrogens with zero attached hydrogens (tertiary/aromatic N) is 2. The van der Waals surface area contributed by atoms with E-state index >= 15 is 0 Å². The first-order valence-corrected chi connectivity index (χ1v) is 5.44. The molecule has 0 saturated carbocycles. The average molecular weight is 202 g/mol. The topological polar surface area (TPSA) is 17.8 Å². The lowest BCUT2D eigenvalue weighted by Gasteiger charge is -2.08. The number of hydrogen-bond donors (Lipinski definition) is 0. The van der Waals surface area contributed by atoms with E-state index in [1.165, 1.54) is 16.6 Å². The summed E-state index contributed by atoms with van der Waals surface area (Å²) in [5.74, 6) is 1.61. The smallest absolute Gasteiger partial charge is 0.106 e. The van der Waals surface area contributed by atoms with E-state index in [2.05, 4.69) is 56.4 Å². The maximum absolute atomic E-state index is 4.64. The van der Waals surface area contributed by atoms with Gasteiger partial charge in [0.2, 0.25) is 0 Å². The Hall–Kier alpha value is -1.31. The molecule has 0 bridgehead atoms. The molecule has 0 aliphatic carbocycles. The number of aryl methyl sites for hydroxylation is 3. The van der Waals surface area contributed by atoms with Gasteiger partial charge in [0.15, 0.2) is 0 Å². The van der Waals surface area contributed by atoms with Gasteiger partial charge in [0.25, 0.3) is 0 Å². The zero-order valence-electron chi connectivity index (χ0n) is 10.1. The van der Waals surface area contributed by atoms with E-state index in [1.54, 1.807) is 0 Å². The van der Waals surface area contributed by atoms with Gasteiger partial charge >= 0.3 is 0 Å². The summed E-state index contributed by atoms with van der Waals surface area (Å²) in [6.45, 7) is 8.64. The van der Waals surface area contributed by atoms with Gasteiger partial charge in [-0.3, -0.25) is 0 Å². The summed E-state index contributed by atoms with van der Waals surface area (Å²) in [6.07, 6.45) is 0. The molecular weight excluding hydrogens is 184 g/mol. The molecule has 0 fully saturated rings. The number of fused-ring (bicyclic) bond motifs is 1. The van der Waals surface area contributed by atoms with Crippen molar-refractivity contribution in [2.75, 3.05) is 0 Å². The summed E-state index contributed by atoms with van der Waals surface area (Å²) in [6, 6.07) is 4.46. The molecule has 15 heavy (non-hydrogen) atoms. The number of hydrogen-bond acceptors (Lipinski definition) is 1. The first-order chi connectivity index (χ1) is 7.00. The summed E-state index contributed by atoms with van der Waals surface area (Å²) < 4.78 is 2.16. The van der Waals surface area contributed by atoms with Gasteiger partial charge in [-0.05, 0) is 37.0 Å². The van der Waals surface area contributed by atoms with E-state index < -0.39 is 0 Å². The quantitative estimate of drug-likeness (QED) is 0.693. The minimum absolute atomic E-state index is 0.529. The lowest BCUT2D eigenvalue weighted by Crippen LogP contribution is -1.93. The highest BCUT2D eigenvalue weighted by Gasteiger charge is 2.11. The monoisotopic (exact) mass is 202 g/mol. The van der Waals surface area contributed by atoms with E-state index in [1.807, 2.05) is 0 Å². The van der Waals surface area contributed by atoms with Crippen LogP contribution in [0.1, 0.15) is 36.7 Å². The standard InChI is InChI=1S/C13H18N2/c1-8(2)11-6-9(3)7-12-13(11)14-10(4)15(12)5/h6-8H,1-5H3. The van der Waals surface area contributed by atoms with Crippen LogP contribution in [0.15, 0.2) is 12.1 Å². The molecule has 1 aromatic carbocycles. The third-order valence-electron chi connectivity index (χ3n) is 3.01. The SMILES string of the molecule is Cc1cc(C(C)C)c2nc(C)n(C)c2c1. The van der Waals surface area contributed by atoms with Gasteiger partial charge in [-0.1, -0.05) is 19.9 Å². The van der Waals surface area contributed by atoms with Crippen LogP contribution in [0.5, 0.6) is 0 Å². The zero-order chi connectivity index (χ0) is 11.2. The van der Waals surface area contributed by atoms with Crippen molar-refractivity contribution in [3.63, 3.8) is 0 Å². The van der Waals surface area contributed by atoms with Gasteiger partial charge in [-0.25, -0.2) is 4.98 Å². The molecule has 0 spiro atoms. The highest BCUT2D eigenvalue weighted by Crippen LogP contribution is 2.26. The van der Waals surface area contributed by atoms with Crippen molar-refractivity contribution in [1.82, 2.24) is 9.55 Å². The molecule has 80 valence electrons. The predicted molar refractivity (Wildman–Crippen MR) is 64.3 cm³/mol. The fourth-order valence-electron chi connectivity index (χ4n) is 2.02. The van der Waals surface area contributed by atoms with Crippen molar-refractivity contribution in [3.8, 4) is 0 Å². The first-order valence-electron chi connectivity index (χ1n) is 5.44. The molecule has 0 aliphatic heterocycles. The summed E-state index contributed by atoms with van der Waals surface area (Å²) in [5.41, 5.74) is 5.08. The van der Waals surface area contributed by atoms with E-state index in [-0.39, 0.29) is 0 Å². The third kappa shape index (κ3) is 1.54. The molecule has 0 saturated heterocycles. The predicted octanol–water partition coefficient (Wildman–Crippen LogP) is 3.31. The minimum Gasteiger partial charge on any atom is -0.331 e. The highest BCUT2D eigenvalue weighted by atomic mass is 15.0. The third-order valence-corrected chi connectivity index (χ3v) is 3.01. The average Bonchev–Trinajstić information content (AvgIpc) is 2.43. The van der Waals surface area contributed by atoms with Crippen LogP contribution in [0.25, 0.3) is 11.0 Å². The van der Waals surface area contributed by atoms with Crippen LogP contribution in [-0.2, 0) is 7.05 Å². The van der Waals surface area contributed by atoms with Crippen LogP contribution in [0.4, 0.5) is 0 Å². The Kier molecular flexibility index (Phi) is 2.29. The Bertz CT molecular complexity index is 507. The zero-order valence-corrected chi connectivity index (χ0v) is 10.1. The van der Waals surface area contributed by atoms with Gasteiger partial charge < -0.3 is 4.57 Å². The molecule has 1 heterocycles. The summed E-state index contributed by atoms with van der Waals surface area (Å²) in [5, 5.41) is 0. The molecule has 2 heteroatoms. The molecule has 0 unspecified atom stereocenters. The van der Waals surface area contributed by atoms with Crippen molar-refractivity contribution >= 4 is 11.0 Å². The van der Waals surface area contributed by atoms with Crippen LogP contribution < -0.4 is 0 Å². The molecule has 2 nitrogen and oxygen atoms in total. The lowest BCUT2D eigenvalue weighted by atomic mass is 9.99. The Balaban J connectivity index is 2.86. The molecular formula is C13H18N2. The van der Waals surface area contributed by atoms with Crippen molar-refractivity contribution < 1.29 is 0 Å². The number of rotatable bonds is 1. The largest absolute Gasteiger partial charge is 0.331 e. The van der Waals surface area contributed by atoms with Crippen LogP contribution in [0, 0.1) is 13.8 Å². The normalized spacial score (nSPS) is 11.6. The van der Waals surface area contributed by atoms with Crippen LogP contribution >= 0.6 is 0 Å². The maximum atomic E-state index is 4.64. The lowest BCUT2D eigenvalue weighted by molar-refractivity contribution is 0.871. The molecule has 2 rings (SSSR count). The van der Waals surface area contributed by atoms with E-state index in [4.69, 9.17) is 0 Å². The minimum atomic E-state index is 0.529. The van der Waals surface area contributed by atoms with Crippen molar-refractivity contribution in [1.29, 1.82) is 0 Å². The fraction of sp³-hybridized carbons (Fsp3) is 0.462. The second kappa shape index (κ2) is 3.37. The van der Waals surface area contributed by atoms with E-state index in [9.17, 15) is 0 Å². The van der Waals surface area contributed by atoms with Gasteiger partial charge in [0.05, 0.1) is 11.0 Å². The van der Waals surface area contributed by atoms with Gasteiger partial charge in [0, 0.05) is 7.05 Å². The van der Waals surface area contributed by atoms with Crippen LogP contribution in [0.2, 0.25) is 0 Å². The second-order valence-electron chi connectivity index (χ2n) is 4.59. The molecule has 0 N–H and O–H groups in total. The van der Waals surface area contributed by atoms with Gasteiger partial charge in [-0.15, -0.1) is 0 Å². The van der Waals surface area contributed by atoms with Crippen molar-refractivity contribution in [2.45, 2.75) is 33.6 Å². The molecule has 0 amide bonds. The van der Waals surface area contributed by atoms with Crippen LogP contribution in [0.3, 0.4) is 0 Å². The molecule has 0 aliphatic rings. The Morgan fingerprint density at radius 1 is 1.20 bits per heavy atom. The number of aromatic nitrogens is 2. The van der Waals surface area contributed by atoms with Gasteiger partial charge in [0.1, 0.15) is 5.82 Å². The molecule has 0 radical (unpaired) electrons. The number of benzene rings is 1. The Labute approximate surface area is 90.9 Å². The fourth-order valence-corrected chi connectivity index (χ4v) is 2.02. The van der Waals surface area contributed by atoms with Crippen molar-refractivity contribution in [2.24, 2.45) is 7.05 Å². The summed E-state index contributed by atoms with van der Waals surface area (Å²) >= 11 is 0. The molecule has 1 aromatic heterocycles. The summed E-state index contributed by atoms with van der Waals surface area (Å²) in [4.78, 5) is 4.64. The van der Waals surface area contributed by atoms with Crippen LogP contribution in [-0.4, -0.2) is 9.55 Å². The molecule has 2 aromatic rings. The van der Waals surface area contributed by atoms with Gasteiger partial charge in [-0.2, -0.15) is 0 Å². The maximum Gasteiger partial charge on any atom is 0.106 e. The Morgan fingerprint density at radius 3 is 2.47 bits per heavy atom. The summed E-state index contributed by atoms with van der Waals surface area (Å²) in [7, 11) is 2.08. The Morgan fingerprint density at radius 2 is 1.87 bits per heavy atom. The van der Waals surface area contributed by atoms with E-state index in [0.717, 1.165) is 11.3 Å². The first kappa shape index (κ1) is 10.2. The molecule has 0 atom stereocenters. The van der Waals surface area contributed by atoms with E-state index in [0.29, 0.717) is 5.92 Å². The van der Waals surface area contributed by atoms with Crippen molar-refractivity contribution in [3.05, 3.63) is 29.1 Å². The second-order valence-corrected chi connectivity index (χ2v) is 4.59. The number of imidazole rings is 1.